The van der Waals surface area contributed by atoms with Crippen molar-refractivity contribution in [2.75, 3.05) is 6.54 Å². The van der Waals surface area contributed by atoms with E-state index in [-0.39, 0.29) is 29.6 Å². The third kappa shape index (κ3) is 1.78. The number of piperidine rings is 1. The number of carbonyl (C=O) groups is 1. The number of nitrogens with zero attached hydrogens (tertiary/aromatic N) is 4. The predicted octanol–water partition coefficient (Wildman–Crippen LogP) is 1.73. The largest absolute Gasteiger partial charge is 0.421 e. The zero-order chi connectivity index (χ0) is 15.8. The highest BCUT2D eigenvalue weighted by Gasteiger charge is 2.63. The molecule has 4 heterocycles. The van der Waals surface area contributed by atoms with E-state index in [9.17, 15) is 10.0 Å². The molecule has 23 heavy (non-hydrogen) atoms. The fourth-order valence-electron chi connectivity index (χ4n) is 4.29. The van der Waals surface area contributed by atoms with Crippen molar-refractivity contribution in [3.05, 3.63) is 24.1 Å². The average molecular weight is 317 g/mol. The van der Waals surface area contributed by atoms with E-state index in [2.05, 4.69) is 22.1 Å². The number of nitrogens with one attached hydrogen (secondary N) is 1. The third-order valence-corrected chi connectivity index (χ3v) is 5.83. The average Bonchev–Trinajstić information content (AvgIpc) is 2.93. The molecule has 2 amide bonds. The van der Waals surface area contributed by atoms with Gasteiger partial charge in [0.15, 0.2) is 0 Å². The van der Waals surface area contributed by atoms with Crippen LogP contribution in [-0.4, -0.2) is 44.0 Å². The van der Waals surface area contributed by atoms with Gasteiger partial charge in [0.05, 0.1) is 6.04 Å². The van der Waals surface area contributed by atoms with Crippen molar-refractivity contribution in [2.24, 2.45) is 5.41 Å². The second-order valence-corrected chi connectivity index (χ2v) is 7.20. The maximum atomic E-state index is 12.3. The summed E-state index contributed by atoms with van der Waals surface area (Å²) in [7, 11) is 0. The number of rotatable bonds is 2. The van der Waals surface area contributed by atoms with E-state index < -0.39 is 0 Å². The molecule has 1 spiro atoms. The molecule has 3 atom stereocenters. The lowest BCUT2D eigenvalue weighted by Gasteiger charge is -2.34. The van der Waals surface area contributed by atoms with E-state index >= 15 is 0 Å². The molecule has 1 aliphatic carbocycles. The standard InChI is InChI=1S/C15H19N5O3/c1-8-2-3-9(16-8)12-17-18-13(23-12)10-6-15(4-5-15)11-7-19(10)14(21)20(11)22/h9-11,16,22H,1-7H2/t9?,10-,11-/m0/s1. The first-order valence-electron chi connectivity index (χ1n) is 8.14. The van der Waals surface area contributed by atoms with Gasteiger partial charge in [-0.1, -0.05) is 6.58 Å². The SMILES string of the molecule is C=C1CCC(c2nnc([C@@H]3CC4(CC4)[C@@H]4CN3C(=O)N4O)o2)N1. The molecule has 4 aliphatic rings. The molecule has 2 N–H and O–H groups in total. The van der Waals surface area contributed by atoms with E-state index in [1.54, 1.807) is 4.90 Å². The number of allylic oxidation sites excluding steroid dienone is 1. The second kappa shape index (κ2) is 4.25. The van der Waals surface area contributed by atoms with Gasteiger partial charge >= 0.3 is 6.03 Å². The van der Waals surface area contributed by atoms with Gasteiger partial charge in [0, 0.05) is 12.2 Å². The zero-order valence-electron chi connectivity index (χ0n) is 12.7. The summed E-state index contributed by atoms with van der Waals surface area (Å²) < 4.78 is 5.89. The summed E-state index contributed by atoms with van der Waals surface area (Å²) in [6.07, 6.45) is 4.66. The maximum absolute atomic E-state index is 12.3. The molecule has 0 aromatic carbocycles. The lowest BCUT2D eigenvalue weighted by molar-refractivity contribution is -0.0783. The molecule has 1 unspecified atom stereocenters. The molecule has 1 saturated carbocycles. The van der Waals surface area contributed by atoms with Crippen molar-refractivity contribution in [1.82, 2.24) is 25.5 Å². The Morgan fingerprint density at radius 3 is 2.83 bits per heavy atom. The molecule has 122 valence electrons. The van der Waals surface area contributed by atoms with Crippen molar-refractivity contribution in [3.63, 3.8) is 0 Å². The lowest BCUT2D eigenvalue weighted by Crippen LogP contribution is -2.41. The second-order valence-electron chi connectivity index (χ2n) is 7.20. The van der Waals surface area contributed by atoms with Crippen LogP contribution in [0.4, 0.5) is 4.79 Å². The van der Waals surface area contributed by atoms with Crippen molar-refractivity contribution < 1.29 is 14.4 Å². The molecule has 8 nitrogen and oxygen atoms in total. The van der Waals surface area contributed by atoms with Gasteiger partial charge in [0.1, 0.15) is 12.1 Å². The zero-order valence-corrected chi connectivity index (χ0v) is 12.7. The maximum Gasteiger partial charge on any atom is 0.344 e. The third-order valence-electron chi connectivity index (χ3n) is 5.83. The Morgan fingerprint density at radius 1 is 1.35 bits per heavy atom. The fraction of sp³-hybridized carbons (Fsp3) is 0.667. The number of amides is 2. The first-order valence-corrected chi connectivity index (χ1v) is 8.14. The van der Waals surface area contributed by atoms with Gasteiger partial charge in [-0.25, -0.2) is 9.86 Å². The number of urea groups is 1. The molecular formula is C15H19N5O3. The molecule has 1 aromatic rings. The number of aromatic nitrogens is 2. The highest BCUT2D eigenvalue weighted by molar-refractivity contribution is 5.77. The van der Waals surface area contributed by atoms with Crippen LogP contribution >= 0.6 is 0 Å². The highest BCUT2D eigenvalue weighted by atomic mass is 16.5. The van der Waals surface area contributed by atoms with Crippen molar-refractivity contribution in [3.8, 4) is 0 Å². The van der Waals surface area contributed by atoms with Crippen molar-refractivity contribution in [1.29, 1.82) is 0 Å². The quantitative estimate of drug-likeness (QED) is 0.807. The highest BCUT2D eigenvalue weighted by Crippen LogP contribution is 2.61. The Hall–Kier alpha value is -2.09. The van der Waals surface area contributed by atoms with E-state index in [4.69, 9.17) is 4.42 Å². The Bertz CT molecular complexity index is 697. The van der Waals surface area contributed by atoms with Gasteiger partial charge in [-0.3, -0.25) is 5.21 Å². The Kier molecular flexibility index (Phi) is 2.47. The minimum atomic E-state index is -0.351. The summed E-state index contributed by atoms with van der Waals surface area (Å²) >= 11 is 0. The monoisotopic (exact) mass is 317 g/mol. The van der Waals surface area contributed by atoms with Crippen LogP contribution in [0.1, 0.15) is 56.0 Å². The molecule has 3 aliphatic heterocycles. The topological polar surface area (TPSA) is 94.7 Å². The van der Waals surface area contributed by atoms with Crippen LogP contribution in [0.5, 0.6) is 0 Å². The van der Waals surface area contributed by atoms with Crippen LogP contribution < -0.4 is 5.32 Å². The van der Waals surface area contributed by atoms with Crippen LogP contribution in [0.3, 0.4) is 0 Å². The summed E-state index contributed by atoms with van der Waals surface area (Å²) in [5, 5.41) is 22.6. The van der Waals surface area contributed by atoms with E-state index in [1.807, 2.05) is 0 Å². The molecular weight excluding hydrogens is 298 g/mol. The van der Waals surface area contributed by atoms with Gasteiger partial charge in [0.2, 0.25) is 11.8 Å². The number of hydrogen-bond acceptors (Lipinski definition) is 6. The Labute approximate surface area is 133 Å². The van der Waals surface area contributed by atoms with Crippen LogP contribution in [0, 0.1) is 5.41 Å². The summed E-state index contributed by atoms with van der Waals surface area (Å²) in [6.45, 7) is 4.45. The van der Waals surface area contributed by atoms with Gasteiger partial charge in [-0.05, 0) is 37.5 Å². The summed E-state index contributed by atoms with van der Waals surface area (Å²) in [4.78, 5) is 13.9. The number of fused-ring (bicyclic) bond motifs is 3. The van der Waals surface area contributed by atoms with Crippen LogP contribution in [0.15, 0.2) is 16.7 Å². The number of hydrogen-bond donors (Lipinski definition) is 2. The normalized spacial score (nSPS) is 34.4. The first kappa shape index (κ1) is 13.4. The van der Waals surface area contributed by atoms with E-state index in [0.29, 0.717) is 18.3 Å². The molecule has 3 saturated heterocycles. The van der Waals surface area contributed by atoms with Gasteiger partial charge < -0.3 is 14.6 Å². The number of hydroxylamine groups is 2. The van der Waals surface area contributed by atoms with Gasteiger partial charge in [-0.2, -0.15) is 0 Å². The predicted molar refractivity (Wildman–Crippen MR) is 77.1 cm³/mol. The summed E-state index contributed by atoms with van der Waals surface area (Å²) in [6, 6.07) is -0.660. The van der Waals surface area contributed by atoms with E-state index in [1.165, 1.54) is 0 Å². The fourth-order valence-corrected chi connectivity index (χ4v) is 4.29. The molecule has 1 aromatic heterocycles. The van der Waals surface area contributed by atoms with Gasteiger partial charge in [0.25, 0.3) is 0 Å². The van der Waals surface area contributed by atoms with Crippen molar-refractivity contribution in [2.45, 2.75) is 50.2 Å². The lowest BCUT2D eigenvalue weighted by atomic mass is 9.85. The smallest absolute Gasteiger partial charge is 0.344 e. The Morgan fingerprint density at radius 2 is 2.13 bits per heavy atom. The minimum Gasteiger partial charge on any atom is -0.421 e. The molecule has 4 fully saturated rings. The Balaban J connectivity index is 1.44. The van der Waals surface area contributed by atoms with Crippen LogP contribution in [-0.2, 0) is 0 Å². The molecule has 2 bridgehead atoms. The van der Waals surface area contributed by atoms with Crippen molar-refractivity contribution >= 4 is 6.03 Å². The molecule has 0 radical (unpaired) electrons. The molecule has 8 heteroatoms. The molecule has 5 rings (SSSR count). The number of carbonyl (C=O) groups excluding carboxylic acids is 1. The van der Waals surface area contributed by atoms with Gasteiger partial charge in [-0.15, -0.1) is 10.2 Å². The summed E-state index contributed by atoms with van der Waals surface area (Å²) in [5.41, 5.74) is 1.01. The summed E-state index contributed by atoms with van der Waals surface area (Å²) in [5.74, 6) is 1.03. The van der Waals surface area contributed by atoms with Crippen LogP contribution in [0.2, 0.25) is 0 Å². The first-order chi connectivity index (χ1) is 11.1. The van der Waals surface area contributed by atoms with Crippen LogP contribution in [0.25, 0.3) is 0 Å². The minimum absolute atomic E-state index is 0.0126. The van der Waals surface area contributed by atoms with E-state index in [0.717, 1.165) is 42.9 Å².